The van der Waals surface area contributed by atoms with Crippen LogP contribution in [0.1, 0.15) is 13.3 Å². The summed E-state index contributed by atoms with van der Waals surface area (Å²) in [5.41, 5.74) is 0. The molecule has 7 heteroatoms. The van der Waals surface area contributed by atoms with Crippen LogP contribution in [-0.2, 0) is 9.26 Å². The summed E-state index contributed by atoms with van der Waals surface area (Å²) in [6.45, 7) is 1.59. The van der Waals surface area contributed by atoms with Crippen molar-refractivity contribution in [2.75, 3.05) is 6.61 Å². The Labute approximate surface area is 76.4 Å². The van der Waals surface area contributed by atoms with Crippen LogP contribution >= 0.6 is 8.17 Å². The molecule has 3 atom stereocenters. The van der Waals surface area contributed by atoms with Crippen LogP contribution in [0.3, 0.4) is 0 Å². The van der Waals surface area contributed by atoms with Crippen molar-refractivity contribution in [1.82, 2.24) is 0 Å². The van der Waals surface area contributed by atoms with Crippen molar-refractivity contribution in [1.29, 1.82) is 0 Å². The van der Waals surface area contributed by atoms with Gasteiger partial charge in [-0.05, 0) is 6.92 Å². The Morgan fingerprint density at radius 2 is 2.08 bits per heavy atom. The fourth-order valence-corrected chi connectivity index (χ4v) is 1.57. The largest absolute Gasteiger partial charge is 0.567 e. The van der Waals surface area contributed by atoms with E-state index >= 15 is 0 Å². The highest BCUT2D eigenvalue weighted by Gasteiger charge is 2.38. The van der Waals surface area contributed by atoms with Crippen molar-refractivity contribution in [2.45, 2.75) is 31.7 Å². The van der Waals surface area contributed by atoms with Gasteiger partial charge in [0.2, 0.25) is 0 Å². The van der Waals surface area contributed by atoms with Crippen molar-refractivity contribution >= 4 is 8.17 Å². The fraction of sp³-hybridized carbons (Fsp3) is 1.00. The van der Waals surface area contributed by atoms with E-state index in [0.29, 0.717) is 6.42 Å². The Morgan fingerprint density at radius 3 is 2.46 bits per heavy atom. The number of aliphatic hydroxyl groups excluding tert-OH is 1. The zero-order chi connectivity index (χ0) is 10.1. The SMILES string of the molecule is CC1OC(CO[P+](O)(O)O)CC1O. The van der Waals surface area contributed by atoms with E-state index in [4.69, 9.17) is 19.4 Å². The van der Waals surface area contributed by atoms with E-state index in [1.54, 1.807) is 6.92 Å². The molecule has 3 unspecified atom stereocenters. The van der Waals surface area contributed by atoms with Crippen molar-refractivity contribution in [3.8, 4) is 0 Å². The molecule has 0 aromatic heterocycles. The van der Waals surface area contributed by atoms with Gasteiger partial charge in [0.05, 0.1) is 18.3 Å². The molecule has 1 heterocycles. The lowest BCUT2D eigenvalue weighted by atomic mass is 10.2. The molecule has 0 spiro atoms. The smallest absolute Gasteiger partial charge is 0.390 e. The summed E-state index contributed by atoms with van der Waals surface area (Å²) < 4.78 is 9.53. The lowest BCUT2D eigenvalue weighted by molar-refractivity contribution is -0.00285. The first-order chi connectivity index (χ1) is 5.88. The summed E-state index contributed by atoms with van der Waals surface area (Å²) in [6.07, 6.45) is -0.855. The third kappa shape index (κ3) is 3.83. The molecule has 0 aromatic rings. The van der Waals surface area contributed by atoms with Gasteiger partial charge in [0.1, 0.15) is 6.61 Å². The molecule has 4 N–H and O–H groups in total. The molecule has 1 aliphatic rings. The lowest BCUT2D eigenvalue weighted by Gasteiger charge is -2.09. The molecule has 1 saturated heterocycles. The van der Waals surface area contributed by atoms with Gasteiger partial charge in [-0.2, -0.15) is 19.2 Å². The normalized spacial score (nSPS) is 35.3. The minimum atomic E-state index is -4.17. The second kappa shape index (κ2) is 4.14. The highest BCUT2D eigenvalue weighted by molar-refractivity contribution is 7.53. The molecule has 0 aliphatic carbocycles. The van der Waals surface area contributed by atoms with E-state index < -0.39 is 20.4 Å². The Bertz CT molecular complexity index is 159. The molecule has 1 rings (SSSR count). The standard InChI is InChI=1S/C6H14O6P/c1-4-6(7)2-5(12-4)3-11-13(8,9)10/h4-10H,2-3H2,1H3/q+1. The topological polar surface area (TPSA) is 99.4 Å². The molecule has 0 amide bonds. The van der Waals surface area contributed by atoms with Gasteiger partial charge in [-0.15, -0.1) is 0 Å². The summed E-state index contributed by atoms with van der Waals surface area (Å²) in [5, 5.41) is 9.24. The molecule has 13 heavy (non-hydrogen) atoms. The van der Waals surface area contributed by atoms with Crippen LogP contribution in [0.25, 0.3) is 0 Å². The van der Waals surface area contributed by atoms with E-state index in [0.717, 1.165) is 0 Å². The number of hydrogen-bond acceptors (Lipinski definition) is 6. The van der Waals surface area contributed by atoms with Crippen LogP contribution in [0.4, 0.5) is 0 Å². The second-order valence-electron chi connectivity index (χ2n) is 3.08. The Hall–Kier alpha value is 0.190. The maximum atomic E-state index is 9.24. The van der Waals surface area contributed by atoms with Crippen LogP contribution in [0, 0.1) is 0 Å². The van der Waals surface area contributed by atoms with Crippen molar-refractivity contribution in [3.05, 3.63) is 0 Å². The zero-order valence-corrected chi connectivity index (χ0v) is 8.09. The third-order valence-corrected chi connectivity index (χ3v) is 2.38. The van der Waals surface area contributed by atoms with Gasteiger partial charge >= 0.3 is 8.17 Å². The molecule has 0 radical (unpaired) electrons. The monoisotopic (exact) mass is 213 g/mol. The lowest BCUT2D eigenvalue weighted by Crippen LogP contribution is -2.16. The van der Waals surface area contributed by atoms with Crippen molar-refractivity contribution < 1.29 is 29.0 Å². The van der Waals surface area contributed by atoms with E-state index in [-0.39, 0.29) is 12.7 Å². The Morgan fingerprint density at radius 1 is 1.46 bits per heavy atom. The quantitative estimate of drug-likeness (QED) is 0.458. The van der Waals surface area contributed by atoms with E-state index in [1.807, 2.05) is 0 Å². The van der Waals surface area contributed by atoms with Gasteiger partial charge in [-0.3, -0.25) is 0 Å². The molecule has 1 aliphatic heterocycles. The highest BCUT2D eigenvalue weighted by Crippen LogP contribution is 2.46. The summed E-state index contributed by atoms with van der Waals surface area (Å²) in [6, 6.07) is 0. The maximum Gasteiger partial charge on any atom is 0.567 e. The van der Waals surface area contributed by atoms with Crippen LogP contribution in [-0.4, -0.2) is 44.7 Å². The molecule has 0 aromatic carbocycles. The first kappa shape index (κ1) is 11.3. The van der Waals surface area contributed by atoms with Crippen molar-refractivity contribution in [2.24, 2.45) is 0 Å². The van der Waals surface area contributed by atoms with Crippen LogP contribution in [0.15, 0.2) is 0 Å². The van der Waals surface area contributed by atoms with Crippen LogP contribution < -0.4 is 0 Å². The van der Waals surface area contributed by atoms with Crippen molar-refractivity contribution in [3.63, 3.8) is 0 Å². The molecule has 0 saturated carbocycles. The van der Waals surface area contributed by atoms with Gasteiger partial charge in [-0.25, -0.2) is 0 Å². The van der Waals surface area contributed by atoms with Gasteiger partial charge in [0.15, 0.2) is 0 Å². The Kier molecular flexibility index (Phi) is 3.59. The Balaban J connectivity index is 2.25. The van der Waals surface area contributed by atoms with Gasteiger partial charge in [0.25, 0.3) is 0 Å². The third-order valence-electron chi connectivity index (χ3n) is 1.89. The summed E-state index contributed by atoms with van der Waals surface area (Å²) in [5.74, 6) is 0. The fourth-order valence-electron chi connectivity index (χ4n) is 1.20. The maximum absolute atomic E-state index is 9.24. The predicted octanol–water partition coefficient (Wildman–Crippen LogP) is -0.804. The molecule has 78 valence electrons. The molecular formula is C6H14O6P+. The average Bonchev–Trinajstić information content (AvgIpc) is 2.27. The van der Waals surface area contributed by atoms with Crippen LogP contribution in [0.2, 0.25) is 0 Å². The minimum absolute atomic E-state index is 0.126. The van der Waals surface area contributed by atoms with E-state index in [1.165, 1.54) is 0 Å². The first-order valence-corrected chi connectivity index (χ1v) is 5.50. The van der Waals surface area contributed by atoms with E-state index in [9.17, 15) is 5.11 Å². The van der Waals surface area contributed by atoms with E-state index in [2.05, 4.69) is 4.52 Å². The predicted molar refractivity (Wildman–Crippen MR) is 44.5 cm³/mol. The second-order valence-corrected chi connectivity index (χ2v) is 4.36. The number of ether oxygens (including phenoxy) is 1. The van der Waals surface area contributed by atoms with Crippen LogP contribution in [0.5, 0.6) is 0 Å². The van der Waals surface area contributed by atoms with Gasteiger partial charge < -0.3 is 9.84 Å². The number of rotatable bonds is 3. The summed E-state index contributed by atoms with van der Waals surface area (Å²) in [7, 11) is -4.17. The molecule has 0 bridgehead atoms. The van der Waals surface area contributed by atoms with Gasteiger partial charge in [-0.1, -0.05) is 0 Å². The van der Waals surface area contributed by atoms with Gasteiger partial charge in [0, 0.05) is 6.42 Å². The molecule has 1 fully saturated rings. The molecule has 6 nitrogen and oxygen atoms in total. The first-order valence-electron chi connectivity index (χ1n) is 3.94. The number of aliphatic hydroxyl groups is 1. The summed E-state index contributed by atoms with van der Waals surface area (Å²) >= 11 is 0. The minimum Gasteiger partial charge on any atom is -0.390 e. The average molecular weight is 213 g/mol. The zero-order valence-electron chi connectivity index (χ0n) is 7.20. The summed E-state index contributed by atoms with van der Waals surface area (Å²) in [4.78, 5) is 25.5. The highest BCUT2D eigenvalue weighted by atomic mass is 31.2. The number of hydrogen-bond donors (Lipinski definition) is 4. The molecular weight excluding hydrogens is 199 g/mol.